The van der Waals surface area contributed by atoms with Crippen LogP contribution in [0.25, 0.3) is 11.3 Å². The molecule has 1 aliphatic heterocycles. The van der Waals surface area contributed by atoms with Crippen LogP contribution in [-0.4, -0.2) is 27.5 Å². The lowest BCUT2D eigenvalue weighted by atomic mass is 10.2. The van der Waals surface area contributed by atoms with E-state index in [0.29, 0.717) is 6.04 Å². The summed E-state index contributed by atoms with van der Waals surface area (Å²) in [5.41, 5.74) is 1.89. The molecule has 2 aromatic rings. The van der Waals surface area contributed by atoms with Crippen LogP contribution < -0.4 is 4.90 Å². The van der Waals surface area contributed by atoms with Gasteiger partial charge in [-0.15, -0.1) is 0 Å². The molecule has 19 heavy (non-hydrogen) atoms. The summed E-state index contributed by atoms with van der Waals surface area (Å²) in [6.07, 6.45) is 6.19. The number of nitrogens with zero attached hydrogens (tertiary/aromatic N) is 4. The van der Waals surface area contributed by atoms with E-state index in [0.717, 1.165) is 27.5 Å². The van der Waals surface area contributed by atoms with Gasteiger partial charge >= 0.3 is 0 Å². The van der Waals surface area contributed by atoms with Crippen LogP contribution in [0.15, 0.2) is 30.6 Å². The Morgan fingerprint density at radius 1 is 1.26 bits per heavy atom. The third-order valence-electron chi connectivity index (χ3n) is 3.46. The molecule has 0 aliphatic carbocycles. The van der Waals surface area contributed by atoms with Crippen LogP contribution in [0.2, 0.25) is 0 Å². The summed E-state index contributed by atoms with van der Waals surface area (Å²) in [6.45, 7) is 3.29. The Kier molecular flexibility index (Phi) is 3.63. The van der Waals surface area contributed by atoms with Gasteiger partial charge in [0.05, 0.1) is 5.69 Å². The van der Waals surface area contributed by atoms with Crippen LogP contribution in [-0.2, 0) is 0 Å². The molecule has 0 amide bonds. The quantitative estimate of drug-likeness (QED) is 0.605. The van der Waals surface area contributed by atoms with Crippen molar-refractivity contribution in [3.63, 3.8) is 0 Å². The largest absolute Gasteiger partial charge is 0.338 e. The molecule has 0 radical (unpaired) electrons. The summed E-state index contributed by atoms with van der Waals surface area (Å²) in [6, 6.07) is 6.51. The lowest BCUT2D eigenvalue weighted by Gasteiger charge is -2.20. The van der Waals surface area contributed by atoms with Crippen LogP contribution in [0.4, 0.5) is 5.95 Å². The SMILES string of the molecule is C[C@H]1CCCN1c1ncc(-c2cccc(I)n2)cn1. The average Bonchev–Trinajstić information content (AvgIpc) is 2.85. The highest BCUT2D eigenvalue weighted by atomic mass is 127. The molecule has 0 saturated carbocycles. The summed E-state index contributed by atoms with van der Waals surface area (Å²) in [7, 11) is 0. The molecule has 1 atom stereocenters. The molecule has 1 fully saturated rings. The highest BCUT2D eigenvalue weighted by molar-refractivity contribution is 14.1. The zero-order valence-electron chi connectivity index (χ0n) is 10.8. The Morgan fingerprint density at radius 3 is 2.68 bits per heavy atom. The van der Waals surface area contributed by atoms with E-state index < -0.39 is 0 Å². The fourth-order valence-corrected chi connectivity index (χ4v) is 2.87. The van der Waals surface area contributed by atoms with Crippen LogP contribution in [0.5, 0.6) is 0 Å². The molecule has 0 N–H and O–H groups in total. The van der Waals surface area contributed by atoms with Gasteiger partial charge < -0.3 is 4.90 Å². The van der Waals surface area contributed by atoms with Gasteiger partial charge in [0.15, 0.2) is 0 Å². The predicted molar refractivity (Wildman–Crippen MR) is 84.0 cm³/mol. The normalized spacial score (nSPS) is 18.8. The summed E-state index contributed by atoms with van der Waals surface area (Å²) in [5.74, 6) is 0.833. The number of rotatable bonds is 2. The molecular formula is C14H15IN4. The third-order valence-corrected chi connectivity index (χ3v) is 4.06. The highest BCUT2D eigenvalue weighted by Crippen LogP contribution is 2.23. The summed E-state index contributed by atoms with van der Waals surface area (Å²) < 4.78 is 0.979. The van der Waals surface area contributed by atoms with Crippen molar-refractivity contribution in [2.75, 3.05) is 11.4 Å². The van der Waals surface area contributed by atoms with E-state index in [4.69, 9.17) is 0 Å². The van der Waals surface area contributed by atoms with Crippen LogP contribution in [0, 0.1) is 3.70 Å². The number of anilines is 1. The van der Waals surface area contributed by atoms with E-state index in [1.165, 1.54) is 12.8 Å². The summed E-state index contributed by atoms with van der Waals surface area (Å²) >= 11 is 2.21. The fraction of sp³-hybridized carbons (Fsp3) is 0.357. The van der Waals surface area contributed by atoms with E-state index in [2.05, 4.69) is 49.4 Å². The van der Waals surface area contributed by atoms with E-state index >= 15 is 0 Å². The molecule has 0 unspecified atom stereocenters. The van der Waals surface area contributed by atoms with Crippen molar-refractivity contribution in [3.05, 3.63) is 34.3 Å². The Labute approximate surface area is 126 Å². The van der Waals surface area contributed by atoms with Gasteiger partial charge in [0.25, 0.3) is 0 Å². The van der Waals surface area contributed by atoms with Crippen molar-refractivity contribution in [3.8, 4) is 11.3 Å². The topological polar surface area (TPSA) is 41.9 Å². The Hall–Kier alpha value is -1.24. The second-order valence-electron chi connectivity index (χ2n) is 4.80. The highest BCUT2D eigenvalue weighted by Gasteiger charge is 2.22. The molecule has 0 spiro atoms. The molecule has 1 saturated heterocycles. The number of halogens is 1. The molecule has 1 aliphatic rings. The summed E-state index contributed by atoms with van der Waals surface area (Å²) in [4.78, 5) is 15.7. The first-order chi connectivity index (χ1) is 9.24. The van der Waals surface area contributed by atoms with Gasteiger partial charge in [0, 0.05) is 30.5 Å². The molecule has 3 rings (SSSR count). The standard InChI is InChI=1S/C14H15IN4/c1-10-4-3-7-19(10)14-16-8-11(9-17-14)12-5-2-6-13(15)18-12/h2,5-6,8-10H,3-4,7H2,1H3/t10-/m0/s1. The third kappa shape index (κ3) is 2.70. The number of hydrogen-bond acceptors (Lipinski definition) is 4. The van der Waals surface area contributed by atoms with Gasteiger partial charge in [-0.25, -0.2) is 15.0 Å². The van der Waals surface area contributed by atoms with Gasteiger partial charge in [-0.05, 0) is 54.5 Å². The van der Waals surface area contributed by atoms with Crippen LogP contribution in [0.3, 0.4) is 0 Å². The van der Waals surface area contributed by atoms with E-state index in [9.17, 15) is 0 Å². The van der Waals surface area contributed by atoms with Crippen molar-refractivity contribution in [2.45, 2.75) is 25.8 Å². The van der Waals surface area contributed by atoms with Gasteiger partial charge in [-0.1, -0.05) is 6.07 Å². The van der Waals surface area contributed by atoms with Gasteiger partial charge in [0.2, 0.25) is 5.95 Å². The van der Waals surface area contributed by atoms with Crippen molar-refractivity contribution in [1.82, 2.24) is 15.0 Å². The molecule has 4 nitrogen and oxygen atoms in total. The smallest absolute Gasteiger partial charge is 0.225 e. The predicted octanol–water partition coefficient (Wildman–Crippen LogP) is 3.13. The first kappa shape index (κ1) is 12.8. The monoisotopic (exact) mass is 366 g/mol. The average molecular weight is 366 g/mol. The minimum absolute atomic E-state index is 0.543. The molecular weight excluding hydrogens is 351 g/mol. The zero-order chi connectivity index (χ0) is 13.2. The molecule has 0 aromatic carbocycles. The van der Waals surface area contributed by atoms with Crippen LogP contribution in [0.1, 0.15) is 19.8 Å². The van der Waals surface area contributed by atoms with Crippen molar-refractivity contribution in [2.24, 2.45) is 0 Å². The maximum atomic E-state index is 4.49. The van der Waals surface area contributed by atoms with Crippen molar-refractivity contribution < 1.29 is 0 Å². The number of aromatic nitrogens is 3. The molecule has 0 bridgehead atoms. The van der Waals surface area contributed by atoms with E-state index in [1.807, 2.05) is 30.6 Å². The second-order valence-corrected chi connectivity index (χ2v) is 5.91. The van der Waals surface area contributed by atoms with Gasteiger partial charge in [0.1, 0.15) is 3.70 Å². The van der Waals surface area contributed by atoms with Gasteiger partial charge in [-0.3, -0.25) is 0 Å². The number of hydrogen-bond donors (Lipinski definition) is 0. The molecule has 98 valence electrons. The minimum atomic E-state index is 0.543. The molecule has 3 heterocycles. The zero-order valence-corrected chi connectivity index (χ0v) is 12.9. The van der Waals surface area contributed by atoms with E-state index in [1.54, 1.807) is 0 Å². The first-order valence-electron chi connectivity index (χ1n) is 6.45. The Balaban J connectivity index is 1.86. The summed E-state index contributed by atoms with van der Waals surface area (Å²) in [5, 5.41) is 0. The fourth-order valence-electron chi connectivity index (χ4n) is 2.40. The maximum Gasteiger partial charge on any atom is 0.225 e. The number of pyridine rings is 1. The van der Waals surface area contributed by atoms with Crippen molar-refractivity contribution in [1.29, 1.82) is 0 Å². The Morgan fingerprint density at radius 2 is 2.05 bits per heavy atom. The lowest BCUT2D eigenvalue weighted by Crippen LogP contribution is -2.28. The maximum absolute atomic E-state index is 4.49. The minimum Gasteiger partial charge on any atom is -0.338 e. The first-order valence-corrected chi connectivity index (χ1v) is 7.53. The Bertz CT molecular complexity index is 570. The van der Waals surface area contributed by atoms with Crippen LogP contribution >= 0.6 is 22.6 Å². The molecule has 5 heteroatoms. The molecule has 2 aromatic heterocycles. The van der Waals surface area contributed by atoms with Crippen molar-refractivity contribution >= 4 is 28.5 Å². The lowest BCUT2D eigenvalue weighted by molar-refractivity contribution is 0.717. The second kappa shape index (κ2) is 5.40. The van der Waals surface area contributed by atoms with E-state index in [-0.39, 0.29) is 0 Å². The van der Waals surface area contributed by atoms with Gasteiger partial charge in [-0.2, -0.15) is 0 Å².